The molecule has 0 spiro atoms. The first-order valence-corrected chi connectivity index (χ1v) is 5.59. The van der Waals surface area contributed by atoms with Crippen molar-refractivity contribution in [3.8, 4) is 5.75 Å². The quantitative estimate of drug-likeness (QED) is 0.851. The molecule has 3 heteroatoms. The van der Waals surface area contributed by atoms with Gasteiger partial charge >= 0.3 is 5.97 Å². The number of benzene rings is 1. The van der Waals surface area contributed by atoms with Crippen molar-refractivity contribution in [2.24, 2.45) is 0 Å². The Morgan fingerprint density at radius 1 is 1.56 bits per heavy atom. The van der Waals surface area contributed by atoms with Crippen LogP contribution in [0.4, 0.5) is 0 Å². The largest absolute Gasteiger partial charge is 0.497 e. The van der Waals surface area contributed by atoms with Gasteiger partial charge in [0.15, 0.2) is 0 Å². The molecule has 86 valence electrons. The molecule has 0 fully saturated rings. The van der Waals surface area contributed by atoms with E-state index >= 15 is 0 Å². The molecule has 1 aromatic carbocycles. The number of rotatable bonds is 3. The Hall–Kier alpha value is -1.51. The van der Waals surface area contributed by atoms with Crippen LogP contribution < -0.4 is 4.74 Å². The van der Waals surface area contributed by atoms with E-state index in [1.165, 1.54) is 11.1 Å². The highest BCUT2D eigenvalue weighted by Gasteiger charge is 2.22. The molecule has 0 aliphatic heterocycles. The first-order chi connectivity index (χ1) is 7.70. The van der Waals surface area contributed by atoms with Crippen LogP contribution in [0.3, 0.4) is 0 Å². The Labute approximate surface area is 95.0 Å². The van der Waals surface area contributed by atoms with E-state index in [0.717, 1.165) is 25.0 Å². The van der Waals surface area contributed by atoms with Crippen molar-refractivity contribution in [2.45, 2.75) is 31.6 Å². The second kappa shape index (κ2) is 4.56. The first-order valence-electron chi connectivity index (χ1n) is 5.59. The van der Waals surface area contributed by atoms with E-state index in [-0.39, 0.29) is 12.3 Å². The van der Waals surface area contributed by atoms with Gasteiger partial charge in [0.25, 0.3) is 0 Å². The van der Waals surface area contributed by atoms with Gasteiger partial charge < -0.3 is 9.84 Å². The molecule has 1 aliphatic carbocycles. The molecule has 0 amide bonds. The predicted octanol–water partition coefficient (Wildman–Crippen LogP) is 2.59. The lowest BCUT2D eigenvalue weighted by Gasteiger charge is -2.24. The minimum absolute atomic E-state index is 0.173. The number of hydrogen-bond acceptors (Lipinski definition) is 2. The number of fused-ring (bicyclic) bond motifs is 1. The first kappa shape index (κ1) is 11.0. The van der Waals surface area contributed by atoms with Gasteiger partial charge in [0.05, 0.1) is 13.5 Å². The molecule has 1 N–H and O–H groups in total. The van der Waals surface area contributed by atoms with Crippen LogP contribution in [-0.2, 0) is 11.2 Å². The Bertz CT molecular complexity index is 398. The molecule has 1 aliphatic rings. The summed E-state index contributed by atoms with van der Waals surface area (Å²) in [6.45, 7) is 0. The summed E-state index contributed by atoms with van der Waals surface area (Å²) in [5.41, 5.74) is 2.44. The van der Waals surface area contributed by atoms with E-state index in [2.05, 4.69) is 0 Å². The topological polar surface area (TPSA) is 46.5 Å². The minimum atomic E-state index is -0.714. The normalized spacial score (nSPS) is 18.9. The Morgan fingerprint density at radius 2 is 2.38 bits per heavy atom. The minimum Gasteiger partial charge on any atom is -0.497 e. The van der Waals surface area contributed by atoms with Gasteiger partial charge in [-0.2, -0.15) is 0 Å². The van der Waals surface area contributed by atoms with Crippen molar-refractivity contribution >= 4 is 5.97 Å². The Morgan fingerprint density at radius 3 is 3.06 bits per heavy atom. The fraction of sp³-hybridized carbons (Fsp3) is 0.462. The van der Waals surface area contributed by atoms with Crippen LogP contribution >= 0.6 is 0 Å². The second-order valence-electron chi connectivity index (χ2n) is 4.25. The van der Waals surface area contributed by atoms with E-state index in [1.807, 2.05) is 18.2 Å². The average molecular weight is 220 g/mol. The van der Waals surface area contributed by atoms with Crippen molar-refractivity contribution in [1.82, 2.24) is 0 Å². The van der Waals surface area contributed by atoms with Gasteiger partial charge in [-0.25, -0.2) is 0 Å². The predicted molar refractivity (Wildman–Crippen MR) is 60.9 cm³/mol. The zero-order valence-electron chi connectivity index (χ0n) is 9.40. The number of carbonyl (C=O) groups is 1. The molecule has 0 radical (unpaired) electrons. The third kappa shape index (κ3) is 2.18. The molecule has 1 aromatic rings. The lowest BCUT2D eigenvalue weighted by atomic mass is 9.81. The van der Waals surface area contributed by atoms with E-state index in [1.54, 1.807) is 7.11 Å². The fourth-order valence-electron chi connectivity index (χ4n) is 2.44. The Kier molecular flexibility index (Phi) is 3.13. The van der Waals surface area contributed by atoms with Crippen molar-refractivity contribution < 1.29 is 14.6 Å². The number of carboxylic acids is 1. The summed E-state index contributed by atoms with van der Waals surface area (Å²) >= 11 is 0. The summed E-state index contributed by atoms with van der Waals surface area (Å²) in [4.78, 5) is 10.8. The van der Waals surface area contributed by atoms with Gasteiger partial charge in [0.1, 0.15) is 5.75 Å². The molecule has 1 unspecified atom stereocenters. The standard InChI is InChI=1S/C13H16O3/c1-16-11-5-6-12-9(7-11)3-2-4-10(12)8-13(14)15/h5-7,10H,2-4,8H2,1H3,(H,14,15). The molecular weight excluding hydrogens is 204 g/mol. The summed E-state index contributed by atoms with van der Waals surface area (Å²) in [7, 11) is 1.65. The summed E-state index contributed by atoms with van der Waals surface area (Å²) in [6, 6.07) is 5.96. The van der Waals surface area contributed by atoms with Crippen molar-refractivity contribution in [3.63, 3.8) is 0 Å². The number of aryl methyl sites for hydroxylation is 1. The molecule has 0 aromatic heterocycles. The van der Waals surface area contributed by atoms with Gasteiger partial charge in [-0.1, -0.05) is 6.07 Å². The van der Waals surface area contributed by atoms with E-state index in [0.29, 0.717) is 0 Å². The lowest BCUT2D eigenvalue weighted by Crippen LogP contribution is -2.13. The lowest BCUT2D eigenvalue weighted by molar-refractivity contribution is -0.137. The second-order valence-corrected chi connectivity index (χ2v) is 4.25. The van der Waals surface area contributed by atoms with Gasteiger partial charge in [-0.15, -0.1) is 0 Å². The molecule has 1 atom stereocenters. The zero-order valence-corrected chi connectivity index (χ0v) is 9.40. The zero-order chi connectivity index (χ0) is 11.5. The summed E-state index contributed by atoms with van der Waals surface area (Å²) in [5.74, 6) is 0.315. The van der Waals surface area contributed by atoms with E-state index < -0.39 is 5.97 Å². The number of methoxy groups -OCH3 is 1. The molecule has 0 bridgehead atoms. The molecule has 3 nitrogen and oxygen atoms in total. The SMILES string of the molecule is COc1ccc2c(c1)CCCC2CC(=O)O. The van der Waals surface area contributed by atoms with Crippen molar-refractivity contribution in [2.75, 3.05) is 7.11 Å². The van der Waals surface area contributed by atoms with E-state index in [4.69, 9.17) is 9.84 Å². The average Bonchev–Trinajstić information content (AvgIpc) is 2.28. The molecule has 16 heavy (non-hydrogen) atoms. The van der Waals surface area contributed by atoms with E-state index in [9.17, 15) is 4.79 Å². The molecule has 0 saturated heterocycles. The highest BCUT2D eigenvalue weighted by molar-refractivity contribution is 5.68. The van der Waals surface area contributed by atoms with Crippen LogP contribution in [0.5, 0.6) is 5.75 Å². The van der Waals surface area contributed by atoms with Crippen LogP contribution in [0.1, 0.15) is 36.3 Å². The molecule has 0 saturated carbocycles. The molecule has 0 heterocycles. The maximum Gasteiger partial charge on any atom is 0.303 e. The smallest absolute Gasteiger partial charge is 0.303 e. The summed E-state index contributed by atoms with van der Waals surface area (Å²) < 4.78 is 5.18. The van der Waals surface area contributed by atoms with Crippen LogP contribution in [0, 0.1) is 0 Å². The van der Waals surface area contributed by atoms with Gasteiger partial charge in [-0.3, -0.25) is 4.79 Å². The van der Waals surface area contributed by atoms with Crippen LogP contribution in [0.2, 0.25) is 0 Å². The third-order valence-electron chi connectivity index (χ3n) is 3.21. The van der Waals surface area contributed by atoms with Crippen LogP contribution in [0.25, 0.3) is 0 Å². The monoisotopic (exact) mass is 220 g/mol. The summed E-state index contributed by atoms with van der Waals surface area (Å²) in [5, 5.41) is 8.87. The fourth-order valence-corrected chi connectivity index (χ4v) is 2.44. The maximum atomic E-state index is 10.8. The van der Waals surface area contributed by atoms with Crippen molar-refractivity contribution in [1.29, 1.82) is 0 Å². The van der Waals surface area contributed by atoms with Gasteiger partial charge in [0.2, 0.25) is 0 Å². The third-order valence-corrected chi connectivity index (χ3v) is 3.21. The highest BCUT2D eigenvalue weighted by Crippen LogP contribution is 2.35. The molecular formula is C13H16O3. The number of hydrogen-bond donors (Lipinski definition) is 1. The van der Waals surface area contributed by atoms with Gasteiger partial charge in [-0.05, 0) is 48.4 Å². The number of aliphatic carboxylic acids is 1. The highest BCUT2D eigenvalue weighted by atomic mass is 16.5. The van der Waals surface area contributed by atoms with Crippen LogP contribution in [0.15, 0.2) is 18.2 Å². The Balaban J connectivity index is 2.28. The van der Waals surface area contributed by atoms with Crippen molar-refractivity contribution in [3.05, 3.63) is 29.3 Å². The summed E-state index contributed by atoms with van der Waals surface area (Å²) in [6.07, 6.45) is 3.31. The van der Waals surface area contributed by atoms with Crippen LogP contribution in [-0.4, -0.2) is 18.2 Å². The number of carboxylic acid groups (broad SMARTS) is 1. The molecule has 2 rings (SSSR count). The van der Waals surface area contributed by atoms with Gasteiger partial charge in [0, 0.05) is 0 Å². The maximum absolute atomic E-state index is 10.8. The number of ether oxygens (including phenoxy) is 1.